The van der Waals surface area contributed by atoms with E-state index in [1.807, 2.05) is 11.3 Å². The second kappa shape index (κ2) is 6.14. The minimum absolute atomic E-state index is 0.355. The van der Waals surface area contributed by atoms with Gasteiger partial charge in [-0.2, -0.15) is 0 Å². The van der Waals surface area contributed by atoms with Gasteiger partial charge in [0.25, 0.3) is 0 Å². The van der Waals surface area contributed by atoms with Crippen LogP contribution in [-0.4, -0.2) is 0 Å². The van der Waals surface area contributed by atoms with Gasteiger partial charge in [-0.1, -0.05) is 59.3 Å². The second-order valence-electron chi connectivity index (χ2n) is 6.12. The number of benzene rings is 2. The van der Waals surface area contributed by atoms with Crippen LogP contribution in [0, 0.1) is 5.92 Å². The summed E-state index contributed by atoms with van der Waals surface area (Å²) < 4.78 is 1.14. The van der Waals surface area contributed by atoms with Crippen LogP contribution < -0.4 is 5.32 Å². The van der Waals surface area contributed by atoms with E-state index in [4.69, 9.17) is 0 Å². The van der Waals surface area contributed by atoms with Crippen LogP contribution >= 0.6 is 27.3 Å². The molecule has 0 spiro atoms. The molecule has 0 amide bonds. The number of halogens is 1. The van der Waals surface area contributed by atoms with Gasteiger partial charge in [0.15, 0.2) is 0 Å². The molecule has 0 saturated carbocycles. The Morgan fingerprint density at radius 1 is 1.00 bits per heavy atom. The first-order chi connectivity index (χ1) is 11.2. The number of hydrogen-bond donors (Lipinski definition) is 1. The molecular weight excluding hydrogens is 366 g/mol. The Morgan fingerprint density at radius 2 is 1.83 bits per heavy atom. The molecule has 4 rings (SSSR count). The summed E-state index contributed by atoms with van der Waals surface area (Å²) in [7, 11) is 0. The fourth-order valence-electron chi connectivity index (χ4n) is 3.64. The maximum Gasteiger partial charge on any atom is 0.0641 e. The Hall–Kier alpha value is -1.58. The van der Waals surface area contributed by atoms with Gasteiger partial charge < -0.3 is 5.32 Å². The molecule has 0 radical (unpaired) electrons. The number of anilines is 1. The van der Waals surface area contributed by atoms with Gasteiger partial charge in [-0.3, -0.25) is 0 Å². The first-order valence-corrected chi connectivity index (χ1v) is 9.55. The van der Waals surface area contributed by atoms with Gasteiger partial charge in [0.2, 0.25) is 0 Å². The number of nitrogens with one attached hydrogen (secondary N) is 1. The van der Waals surface area contributed by atoms with E-state index in [-0.39, 0.29) is 0 Å². The Labute approximate surface area is 149 Å². The van der Waals surface area contributed by atoms with Crippen LogP contribution in [0.4, 0.5) is 5.69 Å². The van der Waals surface area contributed by atoms with Crippen LogP contribution in [0.25, 0.3) is 0 Å². The van der Waals surface area contributed by atoms with Gasteiger partial charge in [0.05, 0.1) is 6.04 Å². The number of fused-ring (bicyclic) bond motifs is 1. The van der Waals surface area contributed by atoms with Crippen molar-refractivity contribution in [3.05, 3.63) is 86.5 Å². The van der Waals surface area contributed by atoms with Crippen molar-refractivity contribution in [3.63, 3.8) is 0 Å². The van der Waals surface area contributed by atoms with E-state index in [0.717, 1.165) is 4.47 Å². The average Bonchev–Trinajstić information content (AvgIpc) is 3.09. The van der Waals surface area contributed by atoms with E-state index in [9.17, 15) is 0 Å². The third-order valence-corrected chi connectivity index (χ3v) is 6.17. The smallest absolute Gasteiger partial charge is 0.0641 e. The fourth-order valence-corrected chi connectivity index (χ4v) is 4.91. The topological polar surface area (TPSA) is 12.0 Å². The van der Waals surface area contributed by atoms with E-state index in [1.165, 1.54) is 21.7 Å². The van der Waals surface area contributed by atoms with Crippen molar-refractivity contribution in [1.82, 2.24) is 0 Å². The van der Waals surface area contributed by atoms with Crippen molar-refractivity contribution in [3.8, 4) is 0 Å². The van der Waals surface area contributed by atoms with Crippen LogP contribution in [0.3, 0.4) is 0 Å². The van der Waals surface area contributed by atoms with Gasteiger partial charge in [-0.25, -0.2) is 0 Å². The highest BCUT2D eigenvalue weighted by atomic mass is 79.9. The summed E-state index contributed by atoms with van der Waals surface area (Å²) in [5, 5.41) is 5.93. The van der Waals surface area contributed by atoms with Crippen LogP contribution in [0.1, 0.15) is 34.9 Å². The Kier molecular flexibility index (Phi) is 4.00. The van der Waals surface area contributed by atoms with Crippen LogP contribution in [0.5, 0.6) is 0 Å². The molecule has 0 fully saturated rings. The van der Waals surface area contributed by atoms with Gasteiger partial charge >= 0.3 is 0 Å². The van der Waals surface area contributed by atoms with Gasteiger partial charge in [-0.15, -0.1) is 11.3 Å². The molecule has 0 saturated heterocycles. The molecule has 23 heavy (non-hydrogen) atoms. The van der Waals surface area contributed by atoms with Crippen LogP contribution in [0.15, 0.2) is 70.5 Å². The quantitative estimate of drug-likeness (QED) is 0.536. The monoisotopic (exact) mass is 383 g/mol. The Balaban J connectivity index is 1.86. The summed E-state index contributed by atoms with van der Waals surface area (Å²) in [5.41, 5.74) is 4.02. The molecule has 0 bridgehead atoms. The zero-order chi connectivity index (χ0) is 15.8. The van der Waals surface area contributed by atoms with E-state index < -0.39 is 0 Å². The Morgan fingerprint density at radius 3 is 2.57 bits per heavy atom. The maximum atomic E-state index is 3.77. The number of rotatable bonds is 2. The average molecular weight is 384 g/mol. The minimum Gasteiger partial charge on any atom is -0.377 e. The SMILES string of the molecule is C[C@@H]1[C@H](c2ccccc2)c2cc(Br)ccc2N[C@@H]1c1cccs1. The van der Waals surface area contributed by atoms with E-state index in [2.05, 4.69) is 94.2 Å². The minimum atomic E-state index is 0.355. The first-order valence-electron chi connectivity index (χ1n) is 7.88. The van der Waals surface area contributed by atoms with Crippen molar-refractivity contribution >= 4 is 33.0 Å². The lowest BCUT2D eigenvalue weighted by molar-refractivity contribution is 0.433. The standard InChI is InChI=1S/C20H18BrNS/c1-13-19(14-6-3-2-4-7-14)16-12-15(21)9-10-17(16)22-20(13)18-8-5-11-23-18/h2-13,19-20,22H,1H3/t13-,19-,20+/m1/s1. The van der Waals surface area contributed by atoms with Gasteiger partial charge in [0.1, 0.15) is 0 Å². The largest absolute Gasteiger partial charge is 0.377 e. The lowest BCUT2D eigenvalue weighted by Gasteiger charge is -2.39. The number of thiophene rings is 1. The van der Waals surface area contributed by atoms with E-state index in [0.29, 0.717) is 17.9 Å². The summed E-state index contributed by atoms with van der Waals surface area (Å²) in [6, 6.07) is 22.2. The van der Waals surface area contributed by atoms with E-state index in [1.54, 1.807) is 0 Å². The van der Waals surface area contributed by atoms with Gasteiger partial charge in [0, 0.05) is 21.0 Å². The summed E-state index contributed by atoms with van der Waals surface area (Å²) in [6.07, 6.45) is 0. The Bertz CT molecular complexity index is 798. The molecule has 2 heterocycles. The highest BCUT2D eigenvalue weighted by molar-refractivity contribution is 9.10. The summed E-state index contributed by atoms with van der Waals surface area (Å²) in [5.74, 6) is 0.884. The molecule has 3 atom stereocenters. The maximum absolute atomic E-state index is 3.77. The molecule has 3 aromatic rings. The lowest BCUT2D eigenvalue weighted by atomic mass is 9.74. The fraction of sp³-hybridized carbons (Fsp3) is 0.200. The molecule has 0 unspecified atom stereocenters. The molecule has 1 aliphatic rings. The highest BCUT2D eigenvalue weighted by Crippen LogP contribution is 2.48. The van der Waals surface area contributed by atoms with E-state index >= 15 is 0 Å². The lowest BCUT2D eigenvalue weighted by Crippen LogP contribution is -2.30. The third kappa shape index (κ3) is 2.73. The van der Waals surface area contributed by atoms with Crippen molar-refractivity contribution in [2.45, 2.75) is 18.9 Å². The number of hydrogen-bond acceptors (Lipinski definition) is 2. The predicted molar refractivity (Wildman–Crippen MR) is 102 cm³/mol. The summed E-state index contributed by atoms with van der Waals surface area (Å²) >= 11 is 5.47. The zero-order valence-corrected chi connectivity index (χ0v) is 15.3. The molecule has 3 heteroatoms. The summed E-state index contributed by atoms with van der Waals surface area (Å²) in [4.78, 5) is 1.41. The van der Waals surface area contributed by atoms with Crippen molar-refractivity contribution < 1.29 is 0 Å². The summed E-state index contributed by atoms with van der Waals surface area (Å²) in [6.45, 7) is 2.36. The molecule has 1 N–H and O–H groups in total. The highest BCUT2D eigenvalue weighted by Gasteiger charge is 2.35. The predicted octanol–water partition coefficient (Wildman–Crippen LogP) is 6.45. The van der Waals surface area contributed by atoms with Crippen molar-refractivity contribution in [2.75, 3.05) is 5.32 Å². The molecule has 1 aromatic heterocycles. The molecule has 1 aliphatic heterocycles. The van der Waals surface area contributed by atoms with Crippen LogP contribution in [0.2, 0.25) is 0 Å². The molecule has 116 valence electrons. The third-order valence-electron chi connectivity index (χ3n) is 4.72. The van der Waals surface area contributed by atoms with Gasteiger partial charge in [-0.05, 0) is 46.7 Å². The molecule has 2 aromatic carbocycles. The zero-order valence-electron chi connectivity index (χ0n) is 12.9. The molecule has 0 aliphatic carbocycles. The normalized spacial score (nSPS) is 23.1. The molecule has 1 nitrogen and oxygen atoms in total. The van der Waals surface area contributed by atoms with Crippen molar-refractivity contribution in [1.29, 1.82) is 0 Å². The van der Waals surface area contributed by atoms with Crippen molar-refractivity contribution in [2.24, 2.45) is 5.92 Å². The second-order valence-corrected chi connectivity index (χ2v) is 8.01. The molecular formula is C20H18BrNS. The first kappa shape index (κ1) is 15.0. The van der Waals surface area contributed by atoms with Crippen LogP contribution in [-0.2, 0) is 0 Å².